The monoisotopic (exact) mass is 244 g/mol. The first-order valence-corrected chi connectivity index (χ1v) is 5.02. The molecule has 1 rings (SSSR count). The molecule has 0 aromatic carbocycles. The van der Waals surface area contributed by atoms with E-state index in [2.05, 4.69) is 4.90 Å². The van der Waals surface area contributed by atoms with Gasteiger partial charge in [0.1, 0.15) is 6.61 Å². The van der Waals surface area contributed by atoms with E-state index in [1.165, 1.54) is 0 Å². The highest BCUT2D eigenvalue weighted by atomic mass is 35.5. The van der Waals surface area contributed by atoms with Gasteiger partial charge in [0.05, 0.1) is 6.61 Å². The number of likely N-dealkylation sites (tertiary alicyclic amines) is 1. The number of rotatable bonds is 5. The van der Waals surface area contributed by atoms with E-state index < -0.39 is 13.0 Å². The number of halogens is 3. The average molecular weight is 245 g/mol. The van der Waals surface area contributed by atoms with E-state index in [4.69, 9.17) is 10.5 Å². The Balaban J connectivity index is 0.00000196. The second-order valence-corrected chi connectivity index (χ2v) is 3.65. The molecule has 0 aliphatic carbocycles. The normalized spacial score (nSPS) is 19.2. The maximum atomic E-state index is 11.7. The molecule has 0 radical (unpaired) electrons. The molecule has 0 spiro atoms. The Hall–Kier alpha value is 0.0300. The van der Waals surface area contributed by atoms with Crippen molar-refractivity contribution in [1.29, 1.82) is 0 Å². The smallest absolute Gasteiger partial charge is 0.261 e. The summed E-state index contributed by atoms with van der Waals surface area (Å²) in [7, 11) is 0. The van der Waals surface area contributed by atoms with Crippen LogP contribution in [0.1, 0.15) is 12.8 Å². The van der Waals surface area contributed by atoms with Crippen LogP contribution in [0.4, 0.5) is 8.78 Å². The van der Waals surface area contributed by atoms with Crippen molar-refractivity contribution in [3.63, 3.8) is 0 Å². The number of ether oxygens (including phenoxy) is 1. The molecule has 1 saturated heterocycles. The summed E-state index contributed by atoms with van der Waals surface area (Å²) in [5.74, 6) is 0. The van der Waals surface area contributed by atoms with Gasteiger partial charge in [0.25, 0.3) is 6.43 Å². The van der Waals surface area contributed by atoms with Gasteiger partial charge in [-0.3, -0.25) is 0 Å². The number of nitrogens with two attached hydrogens (primary N) is 1. The largest absolute Gasteiger partial charge is 0.374 e. The van der Waals surface area contributed by atoms with Crippen LogP contribution >= 0.6 is 12.4 Å². The second-order valence-electron chi connectivity index (χ2n) is 3.65. The third-order valence-electron chi connectivity index (χ3n) is 2.43. The van der Waals surface area contributed by atoms with Gasteiger partial charge in [0.15, 0.2) is 0 Å². The van der Waals surface area contributed by atoms with Crippen molar-refractivity contribution in [2.24, 2.45) is 5.73 Å². The van der Waals surface area contributed by atoms with Gasteiger partial charge in [0, 0.05) is 12.6 Å². The quantitative estimate of drug-likeness (QED) is 0.737. The molecule has 1 aliphatic heterocycles. The molecule has 2 N–H and O–H groups in total. The Morgan fingerprint density at radius 1 is 1.33 bits per heavy atom. The molecule has 15 heavy (non-hydrogen) atoms. The minimum atomic E-state index is -2.36. The van der Waals surface area contributed by atoms with Crippen molar-refractivity contribution >= 4 is 12.4 Å². The van der Waals surface area contributed by atoms with E-state index in [-0.39, 0.29) is 12.4 Å². The standard InChI is InChI=1S/C9H18F2N2O.ClH/c10-9(11)7-14-6-5-13-3-1-8(12)2-4-13;/h8-9H,1-7,12H2;1H. The Labute approximate surface area is 95.4 Å². The number of hydrogen-bond acceptors (Lipinski definition) is 3. The van der Waals surface area contributed by atoms with Crippen molar-refractivity contribution in [2.45, 2.75) is 25.3 Å². The van der Waals surface area contributed by atoms with Gasteiger partial charge in [-0.1, -0.05) is 0 Å². The van der Waals surface area contributed by atoms with E-state index in [1.807, 2.05) is 0 Å². The zero-order valence-corrected chi connectivity index (χ0v) is 9.52. The SMILES string of the molecule is Cl.NC1CCN(CCOCC(F)F)CC1. The average Bonchev–Trinajstić information content (AvgIpc) is 2.15. The van der Waals surface area contributed by atoms with Crippen LogP contribution in [0.2, 0.25) is 0 Å². The molecule has 6 heteroatoms. The molecule has 0 bridgehead atoms. The van der Waals surface area contributed by atoms with Crippen molar-refractivity contribution in [1.82, 2.24) is 4.90 Å². The lowest BCUT2D eigenvalue weighted by atomic mass is 10.1. The molecule has 0 saturated carbocycles. The predicted molar refractivity (Wildman–Crippen MR) is 57.7 cm³/mol. The molecule has 0 aromatic rings. The zero-order valence-electron chi connectivity index (χ0n) is 8.70. The molecule has 1 aliphatic rings. The number of piperidine rings is 1. The third kappa shape index (κ3) is 7.00. The minimum absolute atomic E-state index is 0. The molecular formula is C9H19ClF2N2O. The summed E-state index contributed by atoms with van der Waals surface area (Å²) in [4.78, 5) is 2.20. The van der Waals surface area contributed by atoms with Crippen LogP contribution in [0.15, 0.2) is 0 Å². The Morgan fingerprint density at radius 2 is 1.93 bits per heavy atom. The molecule has 3 nitrogen and oxygen atoms in total. The summed E-state index contributed by atoms with van der Waals surface area (Å²) in [6.45, 7) is 2.59. The number of nitrogens with zero attached hydrogens (tertiary/aromatic N) is 1. The first-order chi connectivity index (χ1) is 6.68. The van der Waals surface area contributed by atoms with Gasteiger partial charge in [-0.25, -0.2) is 8.78 Å². The Bertz CT molecular complexity index is 155. The summed E-state index contributed by atoms with van der Waals surface area (Å²) in [5, 5.41) is 0. The van der Waals surface area contributed by atoms with E-state index in [9.17, 15) is 8.78 Å². The topological polar surface area (TPSA) is 38.5 Å². The zero-order chi connectivity index (χ0) is 10.4. The van der Waals surface area contributed by atoms with E-state index in [0.717, 1.165) is 32.5 Å². The van der Waals surface area contributed by atoms with E-state index in [1.54, 1.807) is 0 Å². The van der Waals surface area contributed by atoms with Crippen LogP contribution in [0.3, 0.4) is 0 Å². The van der Waals surface area contributed by atoms with E-state index >= 15 is 0 Å². The van der Waals surface area contributed by atoms with Gasteiger partial charge in [-0.05, 0) is 25.9 Å². The third-order valence-corrected chi connectivity index (χ3v) is 2.43. The van der Waals surface area contributed by atoms with Crippen molar-refractivity contribution in [3.05, 3.63) is 0 Å². The molecular weight excluding hydrogens is 226 g/mol. The minimum Gasteiger partial charge on any atom is -0.374 e. The van der Waals surface area contributed by atoms with Crippen LogP contribution in [-0.2, 0) is 4.74 Å². The first-order valence-electron chi connectivity index (χ1n) is 5.02. The van der Waals surface area contributed by atoms with Crippen LogP contribution in [0.5, 0.6) is 0 Å². The molecule has 92 valence electrons. The van der Waals surface area contributed by atoms with Crippen LogP contribution in [0, 0.1) is 0 Å². The molecule has 0 aromatic heterocycles. The number of hydrogen-bond donors (Lipinski definition) is 1. The van der Waals surface area contributed by atoms with Crippen LogP contribution < -0.4 is 5.73 Å². The van der Waals surface area contributed by atoms with Crippen LogP contribution in [-0.4, -0.2) is 50.2 Å². The molecule has 0 amide bonds. The Kier molecular flexibility index (Phi) is 8.23. The summed E-state index contributed by atoms with van der Waals surface area (Å²) in [6.07, 6.45) is -0.367. The summed E-state index contributed by atoms with van der Waals surface area (Å²) >= 11 is 0. The predicted octanol–water partition coefficient (Wildman–Crippen LogP) is 1.11. The summed E-state index contributed by atoms with van der Waals surface area (Å²) in [5.41, 5.74) is 5.73. The van der Waals surface area contributed by atoms with Gasteiger partial charge in [0.2, 0.25) is 0 Å². The number of alkyl halides is 2. The molecule has 1 fully saturated rings. The lowest BCUT2D eigenvalue weighted by Crippen LogP contribution is -2.41. The second kappa shape index (κ2) is 8.21. The lowest BCUT2D eigenvalue weighted by Gasteiger charge is -2.29. The first kappa shape index (κ1) is 15.0. The summed E-state index contributed by atoms with van der Waals surface area (Å²) in [6, 6.07) is 0.313. The van der Waals surface area contributed by atoms with Gasteiger partial charge >= 0.3 is 0 Å². The van der Waals surface area contributed by atoms with Gasteiger partial charge in [-0.2, -0.15) is 0 Å². The highest BCUT2D eigenvalue weighted by Gasteiger charge is 2.15. The fourth-order valence-corrected chi connectivity index (χ4v) is 1.54. The highest BCUT2D eigenvalue weighted by molar-refractivity contribution is 5.85. The van der Waals surface area contributed by atoms with Crippen molar-refractivity contribution < 1.29 is 13.5 Å². The lowest BCUT2D eigenvalue weighted by molar-refractivity contribution is 0.00798. The maximum Gasteiger partial charge on any atom is 0.261 e. The fourth-order valence-electron chi connectivity index (χ4n) is 1.54. The fraction of sp³-hybridized carbons (Fsp3) is 1.00. The van der Waals surface area contributed by atoms with E-state index in [0.29, 0.717) is 12.6 Å². The molecule has 0 unspecified atom stereocenters. The van der Waals surface area contributed by atoms with Gasteiger partial charge < -0.3 is 15.4 Å². The Morgan fingerprint density at radius 3 is 2.47 bits per heavy atom. The summed E-state index contributed by atoms with van der Waals surface area (Å²) < 4.78 is 28.2. The van der Waals surface area contributed by atoms with Gasteiger partial charge in [-0.15, -0.1) is 12.4 Å². The molecule has 1 heterocycles. The van der Waals surface area contributed by atoms with Crippen molar-refractivity contribution in [3.8, 4) is 0 Å². The highest BCUT2D eigenvalue weighted by Crippen LogP contribution is 2.07. The van der Waals surface area contributed by atoms with Crippen molar-refractivity contribution in [2.75, 3.05) is 32.8 Å². The van der Waals surface area contributed by atoms with Crippen LogP contribution in [0.25, 0.3) is 0 Å². The maximum absolute atomic E-state index is 11.7. The molecule has 0 atom stereocenters.